The number of benzene rings is 2. The molecule has 5 rings (SSSR count). The summed E-state index contributed by atoms with van der Waals surface area (Å²) in [4.78, 5) is 15.8. The standard InChI is InChI=1S/C32H43NO3Si/c1-32(2,3)37(4,5)36-28-19-18-27(29-25-16-17-26(20-25)30(28)29)33(21-23-12-8-6-9-13-23)31(34)35-22-24-14-10-7-11-15-24/h6-17,25-30H,18-22H2,1-5H3/t25-,26+,27+,28-,29+,30-/m1/s1. The molecule has 2 aromatic carbocycles. The van der Waals surface area contributed by atoms with Crippen molar-refractivity contribution in [2.45, 2.75) is 83.5 Å². The highest BCUT2D eigenvalue weighted by molar-refractivity contribution is 6.74. The molecule has 0 saturated heterocycles. The van der Waals surface area contributed by atoms with Crippen molar-refractivity contribution in [2.24, 2.45) is 23.7 Å². The van der Waals surface area contributed by atoms with Gasteiger partial charge >= 0.3 is 6.09 Å². The fourth-order valence-corrected chi connectivity index (χ4v) is 8.03. The highest BCUT2D eigenvalue weighted by atomic mass is 28.4. The minimum atomic E-state index is -1.89. The predicted molar refractivity (Wildman–Crippen MR) is 151 cm³/mol. The summed E-state index contributed by atoms with van der Waals surface area (Å²) in [6.45, 7) is 12.6. The highest BCUT2D eigenvalue weighted by Gasteiger charge is 2.56. The van der Waals surface area contributed by atoms with Crippen molar-refractivity contribution in [3.8, 4) is 0 Å². The summed E-state index contributed by atoms with van der Waals surface area (Å²) in [5.74, 6) is 1.98. The number of ether oxygens (including phenoxy) is 1. The van der Waals surface area contributed by atoms with Gasteiger partial charge in [-0.3, -0.25) is 0 Å². The van der Waals surface area contributed by atoms with Gasteiger partial charge in [0.15, 0.2) is 8.32 Å². The van der Waals surface area contributed by atoms with Gasteiger partial charge in [0.25, 0.3) is 0 Å². The number of amides is 1. The van der Waals surface area contributed by atoms with E-state index in [1.807, 2.05) is 41.3 Å². The summed E-state index contributed by atoms with van der Waals surface area (Å²) in [6.07, 6.45) is 8.10. The van der Waals surface area contributed by atoms with E-state index in [-0.39, 0.29) is 23.3 Å². The van der Waals surface area contributed by atoms with Crippen LogP contribution in [-0.4, -0.2) is 31.5 Å². The van der Waals surface area contributed by atoms with Crippen LogP contribution in [0.3, 0.4) is 0 Å². The van der Waals surface area contributed by atoms with E-state index >= 15 is 0 Å². The summed E-state index contributed by atoms with van der Waals surface area (Å²) in [5.41, 5.74) is 2.16. The Morgan fingerprint density at radius 2 is 1.49 bits per heavy atom. The van der Waals surface area contributed by atoms with E-state index in [1.165, 1.54) is 6.42 Å². The first kappa shape index (κ1) is 26.2. The molecule has 2 saturated carbocycles. The van der Waals surface area contributed by atoms with Crippen molar-refractivity contribution in [1.82, 2.24) is 4.90 Å². The maximum atomic E-state index is 13.7. The van der Waals surface area contributed by atoms with E-state index in [0.717, 1.165) is 24.0 Å². The lowest BCUT2D eigenvalue weighted by molar-refractivity contribution is -0.0237. The third kappa shape index (κ3) is 5.44. The van der Waals surface area contributed by atoms with Gasteiger partial charge in [0, 0.05) is 18.7 Å². The molecular formula is C32H43NO3Si. The Bertz CT molecular complexity index is 1090. The van der Waals surface area contributed by atoms with Crippen LogP contribution < -0.4 is 0 Å². The lowest BCUT2D eigenvalue weighted by atomic mass is 9.68. The third-order valence-corrected chi connectivity index (χ3v) is 14.0. The van der Waals surface area contributed by atoms with Crippen molar-refractivity contribution < 1.29 is 14.0 Å². The summed E-state index contributed by atoms with van der Waals surface area (Å²) >= 11 is 0. The van der Waals surface area contributed by atoms with Crippen LogP contribution in [0, 0.1) is 23.7 Å². The molecule has 0 unspecified atom stereocenters. The quantitative estimate of drug-likeness (QED) is 0.278. The van der Waals surface area contributed by atoms with E-state index < -0.39 is 8.32 Å². The number of carbonyl (C=O) groups is 1. The van der Waals surface area contributed by atoms with Crippen LogP contribution in [-0.2, 0) is 22.3 Å². The fraction of sp³-hybridized carbons (Fsp3) is 0.531. The number of rotatable bonds is 7. The largest absolute Gasteiger partial charge is 0.445 e. The Morgan fingerprint density at radius 1 is 0.892 bits per heavy atom. The Kier molecular flexibility index (Phi) is 7.39. The maximum absolute atomic E-state index is 13.7. The number of fused-ring (bicyclic) bond motifs is 5. The normalized spacial score (nSPS) is 28.7. The maximum Gasteiger partial charge on any atom is 0.410 e. The van der Waals surface area contributed by atoms with Crippen LogP contribution >= 0.6 is 0 Å². The molecule has 37 heavy (non-hydrogen) atoms. The summed E-state index contributed by atoms with van der Waals surface area (Å²) in [6, 6.07) is 20.5. The van der Waals surface area contributed by atoms with Gasteiger partial charge in [0.2, 0.25) is 0 Å². The number of carbonyl (C=O) groups excluding carboxylic acids is 1. The van der Waals surface area contributed by atoms with E-state index in [9.17, 15) is 4.79 Å². The highest BCUT2D eigenvalue weighted by Crippen LogP contribution is 2.57. The first-order valence-corrected chi connectivity index (χ1v) is 16.9. The van der Waals surface area contributed by atoms with Gasteiger partial charge in [-0.05, 0) is 72.2 Å². The van der Waals surface area contributed by atoms with Crippen LogP contribution in [0.2, 0.25) is 18.1 Å². The van der Waals surface area contributed by atoms with E-state index in [4.69, 9.17) is 9.16 Å². The minimum Gasteiger partial charge on any atom is -0.445 e. The van der Waals surface area contributed by atoms with Gasteiger partial charge in [-0.15, -0.1) is 0 Å². The van der Waals surface area contributed by atoms with Crippen LogP contribution in [0.5, 0.6) is 0 Å². The predicted octanol–water partition coefficient (Wildman–Crippen LogP) is 7.82. The molecule has 0 heterocycles. The van der Waals surface area contributed by atoms with Gasteiger partial charge in [0.1, 0.15) is 6.61 Å². The van der Waals surface area contributed by atoms with Crippen molar-refractivity contribution >= 4 is 14.4 Å². The van der Waals surface area contributed by atoms with Crippen LogP contribution in [0.15, 0.2) is 72.8 Å². The lowest BCUT2D eigenvalue weighted by Gasteiger charge is -2.50. The summed E-state index contributed by atoms with van der Waals surface area (Å²) < 4.78 is 13.0. The second-order valence-electron chi connectivity index (χ2n) is 12.8. The van der Waals surface area contributed by atoms with E-state index in [2.05, 4.69) is 70.3 Å². The average molecular weight is 518 g/mol. The minimum absolute atomic E-state index is 0.160. The number of allylic oxidation sites excluding steroid dienone is 2. The monoisotopic (exact) mass is 517 g/mol. The Balaban J connectivity index is 1.40. The Morgan fingerprint density at radius 3 is 2.11 bits per heavy atom. The van der Waals surface area contributed by atoms with Gasteiger partial charge in [-0.2, -0.15) is 0 Å². The van der Waals surface area contributed by atoms with Crippen LogP contribution in [0.25, 0.3) is 0 Å². The SMILES string of the molecule is CC(C)(C)[Si](C)(C)O[C@@H]1CC[C@H](N(Cc2ccccc2)C(=O)OCc2ccccc2)[C@H]2[C@@H]1[C@H]1C=C[C@@H]2C1. The van der Waals surface area contributed by atoms with Gasteiger partial charge in [0.05, 0.1) is 0 Å². The number of hydrogen-bond acceptors (Lipinski definition) is 3. The van der Waals surface area contributed by atoms with Crippen molar-refractivity contribution in [3.05, 3.63) is 83.9 Å². The van der Waals surface area contributed by atoms with Gasteiger partial charge < -0.3 is 14.1 Å². The molecule has 0 N–H and O–H groups in total. The fourth-order valence-electron chi connectivity index (χ4n) is 6.64. The molecular weight excluding hydrogens is 474 g/mol. The second kappa shape index (κ2) is 10.4. The number of hydrogen-bond donors (Lipinski definition) is 0. The molecule has 3 aliphatic carbocycles. The van der Waals surface area contributed by atoms with Crippen molar-refractivity contribution in [3.63, 3.8) is 0 Å². The smallest absolute Gasteiger partial charge is 0.410 e. The molecule has 0 aliphatic heterocycles. The molecule has 5 heteroatoms. The molecule has 198 valence electrons. The molecule has 2 aromatic rings. The van der Waals surface area contributed by atoms with Crippen LogP contribution in [0.1, 0.15) is 51.2 Å². The molecule has 0 radical (unpaired) electrons. The Labute approximate surface area is 224 Å². The molecule has 1 amide bonds. The van der Waals surface area contributed by atoms with Crippen LogP contribution in [0.4, 0.5) is 4.79 Å². The van der Waals surface area contributed by atoms with Crippen molar-refractivity contribution in [1.29, 1.82) is 0 Å². The summed E-state index contributed by atoms with van der Waals surface area (Å²) in [5, 5.41) is 0.188. The molecule has 3 aliphatic rings. The second-order valence-corrected chi connectivity index (χ2v) is 17.6. The average Bonchev–Trinajstić information content (AvgIpc) is 3.50. The van der Waals surface area contributed by atoms with Gasteiger partial charge in [-0.25, -0.2) is 4.79 Å². The molecule has 0 aromatic heterocycles. The molecule has 2 bridgehead atoms. The molecule has 2 fully saturated rings. The molecule has 4 nitrogen and oxygen atoms in total. The topological polar surface area (TPSA) is 38.8 Å². The zero-order chi connectivity index (χ0) is 26.2. The lowest BCUT2D eigenvalue weighted by Crippen LogP contribution is -2.55. The van der Waals surface area contributed by atoms with Gasteiger partial charge in [-0.1, -0.05) is 93.6 Å². The first-order valence-electron chi connectivity index (χ1n) is 14.0. The first-order chi connectivity index (χ1) is 17.6. The van der Waals surface area contributed by atoms with E-state index in [1.54, 1.807) is 0 Å². The van der Waals surface area contributed by atoms with Crippen molar-refractivity contribution in [2.75, 3.05) is 0 Å². The molecule has 0 spiro atoms. The summed E-state index contributed by atoms with van der Waals surface area (Å²) in [7, 11) is -1.89. The molecule has 6 atom stereocenters. The number of nitrogens with zero attached hydrogens (tertiary/aromatic N) is 1. The Hall–Kier alpha value is -2.37. The third-order valence-electron chi connectivity index (χ3n) is 9.49. The zero-order valence-corrected chi connectivity index (χ0v) is 24.1. The van der Waals surface area contributed by atoms with E-state index in [0.29, 0.717) is 36.8 Å². The zero-order valence-electron chi connectivity index (χ0n) is 23.1.